The van der Waals surface area contributed by atoms with Gasteiger partial charge in [0, 0.05) is 6.20 Å². The van der Waals surface area contributed by atoms with Crippen LogP contribution in [0.5, 0.6) is 0 Å². The van der Waals surface area contributed by atoms with Crippen LogP contribution in [0.25, 0.3) is 0 Å². The Morgan fingerprint density at radius 2 is 2.00 bits per heavy atom. The summed E-state index contributed by atoms with van der Waals surface area (Å²) in [6.07, 6.45) is 0.976. The van der Waals surface area contributed by atoms with Crippen molar-refractivity contribution in [3.05, 3.63) is 51.6 Å². The molecular formula is C12H8BrClN2O4S. The number of anilines is 1. The van der Waals surface area contributed by atoms with E-state index in [1.165, 1.54) is 6.07 Å². The Balaban J connectivity index is 2.34. The minimum atomic E-state index is -3.94. The maximum atomic E-state index is 12.2. The molecule has 0 saturated heterocycles. The molecule has 6 nitrogen and oxygen atoms in total. The van der Waals surface area contributed by atoms with Gasteiger partial charge in [-0.25, -0.2) is 9.78 Å². The smallest absolute Gasteiger partial charge is 0.337 e. The summed E-state index contributed by atoms with van der Waals surface area (Å²) in [5.74, 6) is -1.18. The van der Waals surface area contributed by atoms with Gasteiger partial charge in [0.05, 0.1) is 20.7 Å². The SMILES string of the molecule is O=C(O)c1ccc(S(=O)(=O)Nc2cccc(Cl)c2Br)nc1. The first kappa shape index (κ1) is 15.7. The Kier molecular flexibility index (Phi) is 4.50. The van der Waals surface area contributed by atoms with Gasteiger partial charge < -0.3 is 5.11 Å². The summed E-state index contributed by atoms with van der Waals surface area (Å²) in [5.41, 5.74) is 0.157. The van der Waals surface area contributed by atoms with E-state index in [0.717, 1.165) is 18.3 Å². The lowest BCUT2D eigenvalue weighted by molar-refractivity contribution is 0.0696. The normalized spacial score (nSPS) is 11.1. The van der Waals surface area contributed by atoms with Gasteiger partial charge in [-0.2, -0.15) is 8.42 Å². The Labute approximate surface area is 134 Å². The topological polar surface area (TPSA) is 96.4 Å². The summed E-state index contributed by atoms with van der Waals surface area (Å²) in [6.45, 7) is 0. The number of benzene rings is 1. The molecule has 0 aliphatic heterocycles. The van der Waals surface area contributed by atoms with Crippen molar-refractivity contribution in [2.45, 2.75) is 5.03 Å². The highest BCUT2D eigenvalue weighted by Crippen LogP contribution is 2.31. The van der Waals surface area contributed by atoms with Crippen LogP contribution in [0.15, 0.2) is 46.0 Å². The highest BCUT2D eigenvalue weighted by Gasteiger charge is 2.18. The van der Waals surface area contributed by atoms with Crippen molar-refractivity contribution in [3.63, 3.8) is 0 Å². The number of hydrogen-bond donors (Lipinski definition) is 2. The summed E-state index contributed by atoms with van der Waals surface area (Å²) in [7, 11) is -3.94. The minimum absolute atomic E-state index is 0.0992. The first-order valence-electron chi connectivity index (χ1n) is 5.47. The number of carboxylic acids is 1. The van der Waals surface area contributed by atoms with Crippen LogP contribution in [0.1, 0.15) is 10.4 Å². The van der Waals surface area contributed by atoms with Crippen LogP contribution in [0.2, 0.25) is 5.02 Å². The monoisotopic (exact) mass is 390 g/mol. The molecule has 2 N–H and O–H groups in total. The molecule has 0 bridgehead atoms. The van der Waals surface area contributed by atoms with Crippen LogP contribution >= 0.6 is 27.5 Å². The summed E-state index contributed by atoms with van der Waals surface area (Å²) >= 11 is 9.06. The number of halogens is 2. The second-order valence-corrected chi connectivity index (χ2v) is 6.73. The number of hydrogen-bond acceptors (Lipinski definition) is 4. The van der Waals surface area contributed by atoms with Gasteiger partial charge in [0.2, 0.25) is 0 Å². The third kappa shape index (κ3) is 3.52. The third-order valence-electron chi connectivity index (χ3n) is 2.45. The number of nitrogens with one attached hydrogen (secondary N) is 1. The van der Waals surface area contributed by atoms with Gasteiger partial charge in [-0.1, -0.05) is 17.7 Å². The van der Waals surface area contributed by atoms with Gasteiger partial charge in [0.1, 0.15) is 0 Å². The van der Waals surface area contributed by atoms with E-state index in [4.69, 9.17) is 16.7 Å². The summed E-state index contributed by atoms with van der Waals surface area (Å²) < 4.78 is 27.0. The van der Waals surface area contributed by atoms with Gasteiger partial charge in [-0.15, -0.1) is 0 Å². The first-order chi connectivity index (χ1) is 9.81. The standard InChI is InChI=1S/C12H8BrClN2O4S/c13-11-8(14)2-1-3-9(11)16-21(19,20)10-5-4-7(6-15-10)12(17)18/h1-6,16H,(H,17,18). The average molecular weight is 392 g/mol. The molecule has 0 unspecified atom stereocenters. The summed E-state index contributed by atoms with van der Waals surface area (Å²) in [4.78, 5) is 14.3. The fourth-order valence-corrected chi connectivity index (χ4v) is 3.12. The largest absolute Gasteiger partial charge is 0.478 e. The molecule has 0 atom stereocenters. The Hall–Kier alpha value is -1.64. The Morgan fingerprint density at radius 3 is 2.57 bits per heavy atom. The molecule has 0 fully saturated rings. The van der Waals surface area contributed by atoms with Crippen LogP contribution in [0, 0.1) is 0 Å². The molecule has 2 aromatic rings. The number of aromatic carboxylic acids is 1. The number of carbonyl (C=O) groups is 1. The van der Waals surface area contributed by atoms with Crippen molar-refractivity contribution in [1.29, 1.82) is 0 Å². The van der Waals surface area contributed by atoms with Crippen molar-refractivity contribution in [3.8, 4) is 0 Å². The van der Waals surface area contributed by atoms with E-state index >= 15 is 0 Å². The van der Waals surface area contributed by atoms with Gasteiger partial charge in [0.25, 0.3) is 10.0 Å². The zero-order valence-electron chi connectivity index (χ0n) is 10.2. The van der Waals surface area contributed by atoms with E-state index in [1.54, 1.807) is 12.1 Å². The molecule has 1 heterocycles. The average Bonchev–Trinajstić information content (AvgIpc) is 2.44. The highest BCUT2D eigenvalue weighted by molar-refractivity contribution is 9.10. The van der Waals surface area contributed by atoms with Crippen LogP contribution in [-0.4, -0.2) is 24.5 Å². The maximum absolute atomic E-state index is 12.2. The van der Waals surface area contributed by atoms with Crippen molar-refractivity contribution in [2.75, 3.05) is 4.72 Å². The Morgan fingerprint density at radius 1 is 1.29 bits per heavy atom. The molecule has 0 spiro atoms. The first-order valence-corrected chi connectivity index (χ1v) is 8.13. The predicted molar refractivity (Wildman–Crippen MR) is 81.2 cm³/mol. The van der Waals surface area contributed by atoms with Crippen LogP contribution in [0.4, 0.5) is 5.69 Å². The maximum Gasteiger partial charge on any atom is 0.337 e. The van der Waals surface area contributed by atoms with Gasteiger partial charge in [-0.3, -0.25) is 4.72 Å². The zero-order valence-corrected chi connectivity index (χ0v) is 13.4. The van der Waals surface area contributed by atoms with Crippen molar-refractivity contribution in [2.24, 2.45) is 0 Å². The van der Waals surface area contributed by atoms with Crippen LogP contribution in [0.3, 0.4) is 0 Å². The lowest BCUT2D eigenvalue weighted by Gasteiger charge is -2.10. The lowest BCUT2D eigenvalue weighted by atomic mass is 10.3. The summed E-state index contributed by atoms with van der Waals surface area (Å²) in [6, 6.07) is 7.00. The van der Waals surface area contributed by atoms with Crippen molar-refractivity contribution in [1.82, 2.24) is 4.98 Å². The zero-order chi connectivity index (χ0) is 15.6. The molecule has 0 aliphatic carbocycles. The molecule has 0 amide bonds. The van der Waals surface area contributed by atoms with Crippen LogP contribution in [-0.2, 0) is 10.0 Å². The number of rotatable bonds is 4. The predicted octanol–water partition coefficient (Wildman–Crippen LogP) is 3.00. The second kappa shape index (κ2) is 6.00. The van der Waals surface area contributed by atoms with E-state index in [9.17, 15) is 13.2 Å². The van der Waals surface area contributed by atoms with E-state index in [1.807, 2.05) is 0 Å². The fourth-order valence-electron chi connectivity index (χ4n) is 1.45. The molecule has 2 rings (SSSR count). The third-order valence-corrected chi connectivity index (χ3v) is 5.13. The van der Waals surface area contributed by atoms with E-state index in [2.05, 4.69) is 25.6 Å². The van der Waals surface area contributed by atoms with E-state index < -0.39 is 16.0 Å². The number of pyridine rings is 1. The highest BCUT2D eigenvalue weighted by atomic mass is 79.9. The Bertz CT molecular complexity index is 793. The summed E-state index contributed by atoms with van der Waals surface area (Å²) in [5, 5.41) is 8.81. The fraction of sp³-hybridized carbons (Fsp3) is 0. The van der Waals surface area contributed by atoms with Gasteiger partial charge >= 0.3 is 5.97 Å². The molecule has 21 heavy (non-hydrogen) atoms. The number of carboxylic acid groups (broad SMARTS) is 1. The van der Waals surface area contributed by atoms with Gasteiger partial charge in [-0.05, 0) is 40.2 Å². The molecule has 1 aromatic carbocycles. The van der Waals surface area contributed by atoms with Crippen molar-refractivity contribution >= 4 is 49.2 Å². The van der Waals surface area contributed by atoms with Crippen molar-refractivity contribution < 1.29 is 18.3 Å². The molecule has 9 heteroatoms. The molecule has 0 radical (unpaired) electrons. The van der Waals surface area contributed by atoms with E-state index in [0.29, 0.717) is 9.50 Å². The quantitative estimate of drug-likeness (QED) is 0.835. The second-order valence-electron chi connectivity index (χ2n) is 3.90. The number of sulfonamides is 1. The number of nitrogens with zero attached hydrogens (tertiary/aromatic N) is 1. The van der Waals surface area contributed by atoms with E-state index in [-0.39, 0.29) is 16.3 Å². The molecular weight excluding hydrogens is 384 g/mol. The molecule has 1 aromatic heterocycles. The number of aromatic nitrogens is 1. The molecule has 0 aliphatic rings. The lowest BCUT2D eigenvalue weighted by Crippen LogP contribution is -2.15. The van der Waals surface area contributed by atoms with Crippen LogP contribution < -0.4 is 4.72 Å². The molecule has 0 saturated carbocycles. The molecule has 110 valence electrons. The van der Waals surface area contributed by atoms with Gasteiger partial charge in [0.15, 0.2) is 5.03 Å². The minimum Gasteiger partial charge on any atom is -0.478 e.